The Morgan fingerprint density at radius 1 is 1.82 bits per heavy atom. The largest absolute Gasteiger partial charge is 0.382 e. The predicted molar refractivity (Wildman–Crippen MR) is 41.6 cm³/mol. The lowest BCUT2D eigenvalue weighted by atomic mass is 10.4. The molecule has 1 heterocycles. The van der Waals surface area contributed by atoms with Crippen molar-refractivity contribution >= 4 is 5.82 Å². The van der Waals surface area contributed by atoms with Gasteiger partial charge in [0, 0.05) is 12.7 Å². The van der Waals surface area contributed by atoms with E-state index in [1.807, 2.05) is 11.5 Å². The second kappa shape index (κ2) is 3.06. The van der Waals surface area contributed by atoms with Gasteiger partial charge in [0.1, 0.15) is 11.6 Å². The van der Waals surface area contributed by atoms with Crippen molar-refractivity contribution in [3.05, 3.63) is 12.0 Å². The number of hydrogen-bond acceptors (Lipinski definition) is 3. The van der Waals surface area contributed by atoms with Crippen molar-refractivity contribution in [3.8, 4) is 6.07 Å². The molecule has 0 saturated carbocycles. The molecule has 4 heteroatoms. The third-order valence-electron chi connectivity index (χ3n) is 1.46. The summed E-state index contributed by atoms with van der Waals surface area (Å²) >= 11 is 0. The highest BCUT2D eigenvalue weighted by Gasteiger charge is 1.98. The lowest BCUT2D eigenvalue weighted by Gasteiger charge is -1.97. The summed E-state index contributed by atoms with van der Waals surface area (Å²) in [6.45, 7) is 2.54. The van der Waals surface area contributed by atoms with Crippen molar-refractivity contribution in [2.75, 3.05) is 5.73 Å². The van der Waals surface area contributed by atoms with Gasteiger partial charge in [-0.25, -0.2) is 4.98 Å². The van der Waals surface area contributed by atoms with E-state index in [1.165, 1.54) is 0 Å². The van der Waals surface area contributed by atoms with Crippen LogP contribution in [0.2, 0.25) is 0 Å². The van der Waals surface area contributed by atoms with E-state index in [1.54, 1.807) is 6.20 Å². The fraction of sp³-hybridized carbons (Fsp3) is 0.429. The molecule has 0 bridgehead atoms. The van der Waals surface area contributed by atoms with Gasteiger partial charge in [-0.1, -0.05) is 0 Å². The molecule has 0 aliphatic carbocycles. The third kappa shape index (κ3) is 1.71. The van der Waals surface area contributed by atoms with Crippen LogP contribution in [0.5, 0.6) is 0 Å². The number of nitrogens with zero attached hydrogens (tertiary/aromatic N) is 3. The standard InChI is InChI=1S/C7H10N4/c1-6-10-7(9)5-11(6)4-2-3-8/h5H,2,4,9H2,1H3. The Hall–Kier alpha value is -1.50. The van der Waals surface area contributed by atoms with Crippen LogP contribution in [0.1, 0.15) is 12.2 Å². The molecule has 0 amide bonds. The average molecular weight is 150 g/mol. The van der Waals surface area contributed by atoms with Gasteiger partial charge in [-0.3, -0.25) is 0 Å². The second-order valence-electron chi connectivity index (χ2n) is 2.31. The van der Waals surface area contributed by atoms with E-state index in [0.717, 1.165) is 5.82 Å². The molecule has 11 heavy (non-hydrogen) atoms. The van der Waals surface area contributed by atoms with E-state index in [0.29, 0.717) is 18.8 Å². The molecule has 2 N–H and O–H groups in total. The Morgan fingerprint density at radius 3 is 3.00 bits per heavy atom. The Balaban J connectivity index is 2.71. The van der Waals surface area contributed by atoms with Gasteiger partial charge in [0.15, 0.2) is 0 Å². The fourth-order valence-corrected chi connectivity index (χ4v) is 0.930. The Morgan fingerprint density at radius 2 is 2.55 bits per heavy atom. The number of nitrogens with two attached hydrogens (primary N) is 1. The van der Waals surface area contributed by atoms with Gasteiger partial charge >= 0.3 is 0 Å². The van der Waals surface area contributed by atoms with Crippen molar-refractivity contribution in [3.63, 3.8) is 0 Å². The maximum Gasteiger partial charge on any atom is 0.141 e. The number of aromatic nitrogens is 2. The number of anilines is 1. The molecule has 4 nitrogen and oxygen atoms in total. The summed E-state index contributed by atoms with van der Waals surface area (Å²) in [5, 5.41) is 8.31. The molecule has 0 saturated heterocycles. The molecule has 0 aromatic carbocycles. The SMILES string of the molecule is Cc1nc(N)cn1CCC#N. The topological polar surface area (TPSA) is 67.6 Å². The molecule has 0 radical (unpaired) electrons. The second-order valence-corrected chi connectivity index (χ2v) is 2.31. The van der Waals surface area contributed by atoms with Crippen molar-refractivity contribution < 1.29 is 0 Å². The summed E-state index contributed by atoms with van der Waals surface area (Å²) in [6, 6.07) is 2.06. The highest BCUT2D eigenvalue weighted by molar-refractivity contribution is 5.25. The van der Waals surface area contributed by atoms with Crippen molar-refractivity contribution in [1.82, 2.24) is 9.55 Å². The molecule has 1 aromatic rings. The normalized spacial score (nSPS) is 9.45. The van der Waals surface area contributed by atoms with Crippen LogP contribution >= 0.6 is 0 Å². The first-order chi connectivity index (χ1) is 5.24. The smallest absolute Gasteiger partial charge is 0.141 e. The number of imidazole rings is 1. The summed E-state index contributed by atoms with van der Waals surface area (Å²) in [5.41, 5.74) is 5.44. The molecular weight excluding hydrogens is 140 g/mol. The van der Waals surface area contributed by atoms with Crippen molar-refractivity contribution in [1.29, 1.82) is 5.26 Å². The minimum atomic E-state index is 0.497. The van der Waals surface area contributed by atoms with Crippen LogP contribution in [-0.4, -0.2) is 9.55 Å². The Bertz CT molecular complexity index is 281. The van der Waals surface area contributed by atoms with Gasteiger partial charge in [-0.05, 0) is 6.92 Å². The number of rotatable bonds is 2. The first-order valence-corrected chi connectivity index (χ1v) is 3.40. The number of hydrogen-bond donors (Lipinski definition) is 1. The van der Waals surface area contributed by atoms with Crippen molar-refractivity contribution in [2.24, 2.45) is 0 Å². The van der Waals surface area contributed by atoms with E-state index in [2.05, 4.69) is 11.1 Å². The fourth-order valence-electron chi connectivity index (χ4n) is 0.930. The van der Waals surface area contributed by atoms with Gasteiger partial charge in [-0.2, -0.15) is 5.26 Å². The molecule has 0 atom stereocenters. The zero-order chi connectivity index (χ0) is 8.27. The average Bonchev–Trinajstić information content (AvgIpc) is 2.26. The van der Waals surface area contributed by atoms with Gasteiger partial charge in [0.25, 0.3) is 0 Å². The van der Waals surface area contributed by atoms with Crippen LogP contribution in [0.3, 0.4) is 0 Å². The summed E-state index contributed by atoms with van der Waals surface area (Å²) in [7, 11) is 0. The summed E-state index contributed by atoms with van der Waals surface area (Å²) in [6.07, 6.45) is 2.24. The molecule has 0 fully saturated rings. The lowest BCUT2D eigenvalue weighted by Crippen LogP contribution is -1.97. The van der Waals surface area contributed by atoms with Gasteiger partial charge < -0.3 is 10.3 Å². The minimum absolute atomic E-state index is 0.497. The number of aryl methyl sites for hydroxylation is 2. The summed E-state index contributed by atoms with van der Waals surface area (Å²) < 4.78 is 1.87. The molecule has 0 aliphatic rings. The molecular formula is C7H10N4. The van der Waals surface area contributed by atoms with Gasteiger partial charge in [-0.15, -0.1) is 0 Å². The lowest BCUT2D eigenvalue weighted by molar-refractivity contribution is 0.690. The Kier molecular flexibility index (Phi) is 2.12. The first-order valence-electron chi connectivity index (χ1n) is 3.40. The highest BCUT2D eigenvalue weighted by atomic mass is 15.1. The molecule has 0 aliphatic heterocycles. The zero-order valence-corrected chi connectivity index (χ0v) is 6.41. The van der Waals surface area contributed by atoms with E-state index < -0.39 is 0 Å². The summed E-state index contributed by atoms with van der Waals surface area (Å²) in [4.78, 5) is 4.00. The number of nitrogen functional groups attached to an aromatic ring is 1. The molecule has 58 valence electrons. The van der Waals surface area contributed by atoms with Gasteiger partial charge in [0.2, 0.25) is 0 Å². The first kappa shape index (κ1) is 7.61. The zero-order valence-electron chi connectivity index (χ0n) is 6.41. The maximum atomic E-state index is 8.31. The molecule has 1 aromatic heterocycles. The molecule has 0 unspecified atom stereocenters. The van der Waals surface area contributed by atoms with Crippen molar-refractivity contribution in [2.45, 2.75) is 19.9 Å². The van der Waals surface area contributed by atoms with E-state index >= 15 is 0 Å². The monoisotopic (exact) mass is 150 g/mol. The van der Waals surface area contributed by atoms with Crippen LogP contribution in [0.4, 0.5) is 5.82 Å². The van der Waals surface area contributed by atoms with E-state index in [9.17, 15) is 0 Å². The Labute approximate surface area is 65.3 Å². The molecule has 1 rings (SSSR count). The van der Waals surface area contributed by atoms with E-state index in [-0.39, 0.29) is 0 Å². The number of nitriles is 1. The van der Waals surface area contributed by atoms with Crippen LogP contribution in [0.15, 0.2) is 6.20 Å². The summed E-state index contributed by atoms with van der Waals surface area (Å²) in [5.74, 6) is 1.37. The van der Waals surface area contributed by atoms with Crippen LogP contribution < -0.4 is 5.73 Å². The van der Waals surface area contributed by atoms with Crippen LogP contribution in [0.25, 0.3) is 0 Å². The van der Waals surface area contributed by atoms with Gasteiger partial charge in [0.05, 0.1) is 12.5 Å². The predicted octanol–water partition coefficient (Wildman–Crippen LogP) is 0.687. The third-order valence-corrected chi connectivity index (χ3v) is 1.46. The van der Waals surface area contributed by atoms with Crippen LogP contribution in [0, 0.1) is 18.3 Å². The quantitative estimate of drug-likeness (QED) is 0.674. The van der Waals surface area contributed by atoms with Crippen LogP contribution in [-0.2, 0) is 6.54 Å². The van der Waals surface area contributed by atoms with E-state index in [4.69, 9.17) is 11.0 Å². The minimum Gasteiger partial charge on any atom is -0.382 e. The maximum absolute atomic E-state index is 8.31. The molecule has 0 spiro atoms. The highest BCUT2D eigenvalue weighted by Crippen LogP contribution is 2.03.